The van der Waals surface area contributed by atoms with Crippen LogP contribution in [-0.2, 0) is 0 Å². The summed E-state index contributed by atoms with van der Waals surface area (Å²) in [6.07, 6.45) is 0.228. The first kappa shape index (κ1) is 14.7. The van der Waals surface area contributed by atoms with Gasteiger partial charge in [0.1, 0.15) is 0 Å². The van der Waals surface area contributed by atoms with Gasteiger partial charge in [-0.2, -0.15) is 0 Å². The normalized spacial score (nSPS) is 12.6. The molecule has 2 N–H and O–H groups in total. The zero-order valence-electron chi connectivity index (χ0n) is 11.7. The summed E-state index contributed by atoms with van der Waals surface area (Å²) in [6.45, 7) is 8.29. The molecule has 1 aromatic rings. The van der Waals surface area contributed by atoms with E-state index in [1.54, 1.807) is 0 Å². The second-order valence-electron chi connectivity index (χ2n) is 5.31. The highest BCUT2D eigenvalue weighted by Crippen LogP contribution is 2.10. The Labute approximate surface area is 109 Å². The molecule has 0 aliphatic carbocycles. The number of nitrogens with one attached hydrogen (secondary N) is 1. The molecule has 0 aliphatic heterocycles. The van der Waals surface area contributed by atoms with Crippen LogP contribution in [0.25, 0.3) is 0 Å². The fourth-order valence-corrected chi connectivity index (χ4v) is 1.91. The van der Waals surface area contributed by atoms with Crippen LogP contribution < -0.4 is 5.32 Å². The van der Waals surface area contributed by atoms with Crippen molar-refractivity contribution < 1.29 is 9.90 Å². The van der Waals surface area contributed by atoms with Crippen molar-refractivity contribution in [3.05, 3.63) is 34.9 Å². The van der Waals surface area contributed by atoms with Gasteiger partial charge >= 0.3 is 0 Å². The molecule has 1 rings (SSSR count). The van der Waals surface area contributed by atoms with Crippen LogP contribution in [-0.4, -0.2) is 23.7 Å². The fourth-order valence-electron chi connectivity index (χ4n) is 1.91. The topological polar surface area (TPSA) is 49.3 Å². The third-order valence-corrected chi connectivity index (χ3v) is 2.88. The number of aliphatic hydroxyl groups is 1. The van der Waals surface area contributed by atoms with Crippen LogP contribution in [0.4, 0.5) is 0 Å². The second-order valence-corrected chi connectivity index (χ2v) is 5.31. The van der Waals surface area contributed by atoms with E-state index in [9.17, 15) is 9.90 Å². The summed E-state index contributed by atoms with van der Waals surface area (Å²) in [4.78, 5) is 12.0. The van der Waals surface area contributed by atoms with E-state index in [2.05, 4.69) is 19.2 Å². The monoisotopic (exact) mass is 249 g/mol. The minimum absolute atomic E-state index is 0.112. The number of rotatable bonds is 5. The van der Waals surface area contributed by atoms with E-state index in [0.29, 0.717) is 24.4 Å². The van der Waals surface area contributed by atoms with Crippen LogP contribution in [0.15, 0.2) is 18.2 Å². The van der Waals surface area contributed by atoms with Crippen molar-refractivity contribution in [2.45, 2.75) is 40.2 Å². The quantitative estimate of drug-likeness (QED) is 0.842. The van der Waals surface area contributed by atoms with Gasteiger partial charge in [-0.25, -0.2) is 0 Å². The lowest BCUT2D eigenvalue weighted by Gasteiger charge is -2.14. The number of hydrogen-bond donors (Lipinski definition) is 2. The number of amides is 1. The molecule has 0 spiro atoms. The Morgan fingerprint density at radius 1 is 1.33 bits per heavy atom. The summed E-state index contributed by atoms with van der Waals surface area (Å²) < 4.78 is 0. The molecule has 0 heterocycles. The molecular weight excluding hydrogens is 226 g/mol. The first-order chi connectivity index (χ1) is 8.40. The zero-order valence-corrected chi connectivity index (χ0v) is 11.7. The van der Waals surface area contributed by atoms with Crippen LogP contribution in [0.5, 0.6) is 0 Å². The fraction of sp³-hybridized carbons (Fsp3) is 0.533. The predicted molar refractivity (Wildman–Crippen MR) is 73.7 cm³/mol. The summed E-state index contributed by atoms with van der Waals surface area (Å²) in [5.74, 6) is 0.316. The van der Waals surface area contributed by atoms with E-state index in [0.717, 1.165) is 11.1 Å². The first-order valence-electron chi connectivity index (χ1n) is 6.43. The van der Waals surface area contributed by atoms with Crippen molar-refractivity contribution in [3.8, 4) is 0 Å². The van der Waals surface area contributed by atoms with E-state index < -0.39 is 6.10 Å². The molecule has 0 aliphatic rings. The Hall–Kier alpha value is -1.35. The predicted octanol–water partition coefficient (Wildman–Crippen LogP) is 2.44. The van der Waals surface area contributed by atoms with E-state index in [1.807, 2.05) is 32.0 Å². The maximum Gasteiger partial charge on any atom is 0.251 e. The average Bonchev–Trinajstić information content (AvgIpc) is 2.28. The molecule has 0 aromatic heterocycles. The van der Waals surface area contributed by atoms with Gasteiger partial charge < -0.3 is 10.4 Å². The Bertz CT molecular complexity index is 413. The van der Waals surface area contributed by atoms with Crippen molar-refractivity contribution >= 4 is 5.91 Å². The lowest BCUT2D eigenvalue weighted by atomic mass is 10.0. The van der Waals surface area contributed by atoms with Gasteiger partial charge in [-0.05, 0) is 37.8 Å². The van der Waals surface area contributed by atoms with Gasteiger partial charge in [0, 0.05) is 12.1 Å². The second kappa shape index (κ2) is 6.55. The third-order valence-electron chi connectivity index (χ3n) is 2.88. The molecule has 1 unspecified atom stereocenters. The Balaban J connectivity index is 2.58. The van der Waals surface area contributed by atoms with Crippen LogP contribution in [0.2, 0.25) is 0 Å². The lowest BCUT2D eigenvalue weighted by molar-refractivity contribution is 0.0899. The molecule has 18 heavy (non-hydrogen) atoms. The number of aryl methyl sites for hydroxylation is 2. The summed E-state index contributed by atoms with van der Waals surface area (Å²) >= 11 is 0. The highest BCUT2D eigenvalue weighted by molar-refractivity contribution is 5.95. The van der Waals surface area contributed by atoms with Crippen molar-refractivity contribution in [2.75, 3.05) is 6.54 Å². The molecule has 100 valence electrons. The largest absolute Gasteiger partial charge is 0.391 e. The smallest absolute Gasteiger partial charge is 0.251 e. The van der Waals surface area contributed by atoms with Crippen LogP contribution in [0.1, 0.15) is 41.8 Å². The van der Waals surface area contributed by atoms with Gasteiger partial charge in [-0.3, -0.25) is 4.79 Å². The molecule has 1 atom stereocenters. The van der Waals surface area contributed by atoms with E-state index >= 15 is 0 Å². The van der Waals surface area contributed by atoms with Crippen LogP contribution >= 0.6 is 0 Å². The van der Waals surface area contributed by atoms with Crippen molar-refractivity contribution in [1.82, 2.24) is 5.32 Å². The number of aliphatic hydroxyl groups excluding tert-OH is 1. The maximum absolute atomic E-state index is 12.0. The van der Waals surface area contributed by atoms with E-state index in [1.165, 1.54) is 0 Å². The molecule has 1 amide bonds. The molecule has 0 radical (unpaired) electrons. The minimum atomic E-state index is -0.473. The molecule has 3 nitrogen and oxygen atoms in total. The zero-order chi connectivity index (χ0) is 13.7. The molecule has 0 bridgehead atoms. The van der Waals surface area contributed by atoms with Gasteiger partial charge in [0.15, 0.2) is 0 Å². The number of carbonyl (C=O) groups excluding carboxylic acids is 1. The maximum atomic E-state index is 12.0. The standard InChI is InChI=1S/C15H23NO2/c1-10(2)7-13(17)9-16-15(18)14-8-11(3)5-6-12(14)4/h5-6,8,10,13,17H,7,9H2,1-4H3,(H,16,18). The minimum Gasteiger partial charge on any atom is -0.391 e. The number of benzene rings is 1. The van der Waals surface area contributed by atoms with Gasteiger partial charge in [-0.1, -0.05) is 31.5 Å². The highest BCUT2D eigenvalue weighted by atomic mass is 16.3. The van der Waals surface area contributed by atoms with Gasteiger partial charge in [0.05, 0.1) is 6.10 Å². The Kier molecular flexibility index (Phi) is 5.35. The van der Waals surface area contributed by atoms with Crippen LogP contribution in [0.3, 0.4) is 0 Å². The summed E-state index contributed by atoms with van der Waals surface area (Å²) in [6, 6.07) is 5.80. The Morgan fingerprint density at radius 2 is 2.00 bits per heavy atom. The van der Waals surface area contributed by atoms with Gasteiger partial charge in [0.2, 0.25) is 0 Å². The van der Waals surface area contributed by atoms with E-state index in [4.69, 9.17) is 0 Å². The first-order valence-corrected chi connectivity index (χ1v) is 6.43. The number of carbonyl (C=O) groups is 1. The van der Waals surface area contributed by atoms with Gasteiger partial charge in [0.25, 0.3) is 5.91 Å². The van der Waals surface area contributed by atoms with E-state index in [-0.39, 0.29) is 5.91 Å². The van der Waals surface area contributed by atoms with Crippen molar-refractivity contribution in [1.29, 1.82) is 0 Å². The summed E-state index contributed by atoms with van der Waals surface area (Å²) in [7, 11) is 0. The average molecular weight is 249 g/mol. The Morgan fingerprint density at radius 3 is 2.61 bits per heavy atom. The third kappa shape index (κ3) is 4.49. The highest BCUT2D eigenvalue weighted by Gasteiger charge is 2.12. The van der Waals surface area contributed by atoms with Crippen molar-refractivity contribution in [2.24, 2.45) is 5.92 Å². The van der Waals surface area contributed by atoms with Gasteiger partial charge in [-0.15, -0.1) is 0 Å². The lowest BCUT2D eigenvalue weighted by Crippen LogP contribution is -2.33. The summed E-state index contributed by atoms with van der Waals surface area (Å²) in [5, 5.41) is 12.5. The molecule has 0 fully saturated rings. The SMILES string of the molecule is Cc1ccc(C)c(C(=O)NCC(O)CC(C)C)c1. The number of hydrogen-bond acceptors (Lipinski definition) is 2. The van der Waals surface area contributed by atoms with Crippen molar-refractivity contribution in [3.63, 3.8) is 0 Å². The molecule has 0 saturated carbocycles. The molecule has 3 heteroatoms. The summed E-state index contributed by atoms with van der Waals surface area (Å²) in [5.41, 5.74) is 2.71. The molecule has 0 saturated heterocycles. The molecule has 1 aromatic carbocycles. The van der Waals surface area contributed by atoms with Crippen LogP contribution in [0, 0.1) is 19.8 Å². The molecular formula is C15H23NO2.